The molecule has 32 heavy (non-hydrogen) atoms. The van der Waals surface area contributed by atoms with Gasteiger partial charge >= 0.3 is 0 Å². The maximum Gasteiger partial charge on any atom is 0.234 e. The van der Waals surface area contributed by atoms with Gasteiger partial charge in [0.25, 0.3) is 0 Å². The largest absolute Gasteiger partial charge is 0.457 e. The van der Waals surface area contributed by atoms with Gasteiger partial charge in [0.1, 0.15) is 22.7 Å². The second kappa shape index (κ2) is 8.86. The number of benzene rings is 2. The predicted octanol–water partition coefficient (Wildman–Crippen LogP) is 4.95. The van der Waals surface area contributed by atoms with E-state index in [2.05, 4.69) is 32.1 Å². The average Bonchev–Trinajstić information content (AvgIpc) is 3.19. The number of ether oxygens (including phenoxy) is 1. The lowest BCUT2D eigenvalue weighted by atomic mass is 9.96. The Hall–Kier alpha value is -3.61. The lowest BCUT2D eigenvalue weighted by Gasteiger charge is -2.29. The van der Waals surface area contributed by atoms with Crippen LogP contribution in [0, 0.1) is 18.7 Å². The van der Waals surface area contributed by atoms with Gasteiger partial charge in [-0.15, -0.1) is 0 Å². The Labute approximate surface area is 186 Å². The number of rotatable bonds is 6. The molecule has 4 aromatic rings. The molecule has 0 amide bonds. The molecule has 0 spiro atoms. The van der Waals surface area contributed by atoms with Crippen molar-refractivity contribution in [2.24, 2.45) is 5.92 Å². The first-order chi connectivity index (χ1) is 15.7. The standard InChI is InChI=1S/C25H26FN5O/c1-17-14-28-24-23(17)25(30-16-29-24)31-10-8-18(9-11-31)15-27-20-5-3-7-22(13-20)32-21-6-2-4-19(26)12-21/h2-7,12-14,16,18,27H,8-11,15H2,1H3,(H,28,29,30)/p+1. The van der Waals surface area contributed by atoms with Crippen molar-refractivity contribution in [3.8, 4) is 11.5 Å². The molecule has 0 unspecified atom stereocenters. The van der Waals surface area contributed by atoms with Crippen molar-refractivity contribution in [3.05, 3.63) is 72.4 Å². The average molecular weight is 433 g/mol. The number of anilines is 2. The minimum Gasteiger partial charge on any atom is -0.457 e. The first kappa shape index (κ1) is 20.3. The number of nitrogens with zero attached hydrogens (tertiary/aromatic N) is 2. The molecule has 0 saturated carbocycles. The van der Waals surface area contributed by atoms with Crippen LogP contribution in [0.4, 0.5) is 15.9 Å². The summed E-state index contributed by atoms with van der Waals surface area (Å²) >= 11 is 0. The van der Waals surface area contributed by atoms with Crippen LogP contribution in [-0.4, -0.2) is 29.6 Å². The fourth-order valence-corrected chi connectivity index (χ4v) is 4.35. The molecule has 3 heterocycles. The second-order valence-electron chi connectivity index (χ2n) is 8.35. The predicted molar refractivity (Wildman–Crippen MR) is 124 cm³/mol. The van der Waals surface area contributed by atoms with Gasteiger partial charge in [-0.25, -0.2) is 9.37 Å². The van der Waals surface area contributed by atoms with Gasteiger partial charge < -0.3 is 15.0 Å². The number of fused-ring (bicyclic) bond motifs is 1. The summed E-state index contributed by atoms with van der Waals surface area (Å²) in [4.78, 5) is 13.4. The highest BCUT2D eigenvalue weighted by atomic mass is 19.1. The van der Waals surface area contributed by atoms with Gasteiger partial charge in [0.15, 0.2) is 0 Å². The van der Waals surface area contributed by atoms with Crippen molar-refractivity contribution in [2.75, 3.05) is 29.9 Å². The van der Waals surface area contributed by atoms with Gasteiger partial charge in [-0.1, -0.05) is 17.1 Å². The van der Waals surface area contributed by atoms with Gasteiger partial charge in [0.05, 0.1) is 13.1 Å². The maximum atomic E-state index is 13.4. The molecule has 0 aliphatic carbocycles. The Bertz CT molecular complexity index is 1220. The highest BCUT2D eigenvalue weighted by Crippen LogP contribution is 2.29. The van der Waals surface area contributed by atoms with Crippen molar-refractivity contribution in [3.63, 3.8) is 0 Å². The highest BCUT2D eigenvalue weighted by molar-refractivity contribution is 5.88. The van der Waals surface area contributed by atoms with E-state index in [1.54, 1.807) is 18.5 Å². The molecule has 164 valence electrons. The molecule has 2 aromatic heterocycles. The Kier molecular flexibility index (Phi) is 5.62. The van der Waals surface area contributed by atoms with Crippen LogP contribution in [0.3, 0.4) is 0 Å². The zero-order valence-electron chi connectivity index (χ0n) is 18.1. The fraction of sp³-hybridized carbons (Fsp3) is 0.280. The van der Waals surface area contributed by atoms with Crippen LogP contribution in [-0.2, 0) is 0 Å². The Morgan fingerprint density at radius 1 is 1.16 bits per heavy atom. The number of aromatic amines is 2. The third-order valence-electron chi connectivity index (χ3n) is 6.08. The first-order valence-corrected chi connectivity index (χ1v) is 11.0. The molecule has 1 aliphatic heterocycles. The highest BCUT2D eigenvalue weighted by Gasteiger charge is 2.26. The number of aryl methyl sites for hydroxylation is 1. The summed E-state index contributed by atoms with van der Waals surface area (Å²) in [5.41, 5.74) is 3.15. The topological polar surface area (TPSA) is 67.3 Å². The Morgan fingerprint density at radius 3 is 2.75 bits per heavy atom. The summed E-state index contributed by atoms with van der Waals surface area (Å²) in [5, 5.41) is 4.73. The monoisotopic (exact) mass is 432 g/mol. The van der Waals surface area contributed by atoms with E-state index in [1.807, 2.05) is 30.5 Å². The van der Waals surface area contributed by atoms with Crippen LogP contribution in [0.2, 0.25) is 0 Å². The van der Waals surface area contributed by atoms with Gasteiger partial charge in [0, 0.05) is 30.6 Å². The molecule has 1 fully saturated rings. The third-order valence-corrected chi connectivity index (χ3v) is 6.08. The quantitative estimate of drug-likeness (QED) is 0.453. The van der Waals surface area contributed by atoms with E-state index in [4.69, 9.17) is 4.74 Å². The lowest BCUT2D eigenvalue weighted by Crippen LogP contribution is -2.38. The van der Waals surface area contributed by atoms with E-state index in [9.17, 15) is 4.39 Å². The molecule has 1 saturated heterocycles. The van der Waals surface area contributed by atoms with Crippen LogP contribution < -0.4 is 19.9 Å². The van der Waals surface area contributed by atoms with Crippen molar-refractivity contribution in [1.29, 1.82) is 0 Å². The number of halogens is 1. The van der Waals surface area contributed by atoms with Crippen molar-refractivity contribution in [2.45, 2.75) is 19.8 Å². The molecule has 1 aliphatic rings. The number of nitrogens with one attached hydrogen (secondary N) is 3. The van der Waals surface area contributed by atoms with E-state index in [0.29, 0.717) is 17.4 Å². The first-order valence-electron chi connectivity index (χ1n) is 11.0. The molecule has 0 atom stereocenters. The van der Waals surface area contributed by atoms with E-state index < -0.39 is 0 Å². The molecule has 3 N–H and O–H groups in total. The number of piperidine rings is 1. The van der Waals surface area contributed by atoms with Crippen LogP contribution in [0.15, 0.2) is 61.1 Å². The minimum absolute atomic E-state index is 0.306. The number of hydrogen-bond acceptors (Lipinski definition) is 4. The number of hydrogen-bond donors (Lipinski definition) is 2. The van der Waals surface area contributed by atoms with E-state index in [-0.39, 0.29) is 5.82 Å². The summed E-state index contributed by atoms with van der Waals surface area (Å²) in [6.07, 6.45) is 6.01. The van der Waals surface area contributed by atoms with Gasteiger partial charge in [0.2, 0.25) is 17.8 Å². The Balaban J connectivity index is 1.17. The molecule has 2 aromatic carbocycles. The van der Waals surface area contributed by atoms with E-state index in [0.717, 1.165) is 49.6 Å². The summed E-state index contributed by atoms with van der Waals surface area (Å²) < 4.78 is 19.2. The maximum absolute atomic E-state index is 13.4. The normalized spacial score (nSPS) is 14.6. The summed E-state index contributed by atoms with van der Waals surface area (Å²) in [5.74, 6) is 2.63. The van der Waals surface area contributed by atoms with Crippen molar-refractivity contribution < 1.29 is 14.1 Å². The lowest BCUT2D eigenvalue weighted by molar-refractivity contribution is -0.367. The van der Waals surface area contributed by atoms with Gasteiger partial charge in [-0.2, -0.15) is 0 Å². The summed E-state index contributed by atoms with van der Waals surface area (Å²) in [6, 6.07) is 14.0. The van der Waals surface area contributed by atoms with Crippen molar-refractivity contribution in [1.82, 2.24) is 9.97 Å². The van der Waals surface area contributed by atoms with Gasteiger partial charge in [-0.3, -0.25) is 4.90 Å². The molecular weight excluding hydrogens is 405 g/mol. The number of H-pyrrole nitrogens is 2. The molecule has 0 radical (unpaired) electrons. The van der Waals surface area contributed by atoms with Crippen molar-refractivity contribution >= 4 is 22.5 Å². The molecule has 7 heteroatoms. The smallest absolute Gasteiger partial charge is 0.234 e. The second-order valence-corrected chi connectivity index (χ2v) is 8.35. The molecule has 5 rings (SSSR count). The fourth-order valence-electron chi connectivity index (χ4n) is 4.35. The zero-order chi connectivity index (χ0) is 21.9. The summed E-state index contributed by atoms with van der Waals surface area (Å²) in [6.45, 7) is 5.04. The third kappa shape index (κ3) is 4.37. The van der Waals surface area contributed by atoms with Crippen LogP contribution >= 0.6 is 0 Å². The van der Waals surface area contributed by atoms with Crippen LogP contribution in [0.25, 0.3) is 11.0 Å². The SMILES string of the molecule is Cc1c[nH]c2nc[nH+]c(N3CCC(CNc4cccc(Oc5cccc(F)c5)c4)CC3)c12. The number of aromatic nitrogens is 3. The summed E-state index contributed by atoms with van der Waals surface area (Å²) in [7, 11) is 0. The zero-order valence-corrected chi connectivity index (χ0v) is 18.1. The van der Waals surface area contributed by atoms with Gasteiger partial charge in [-0.05, 0) is 55.5 Å². The van der Waals surface area contributed by atoms with Crippen LogP contribution in [0.1, 0.15) is 18.4 Å². The molecule has 0 bridgehead atoms. The van der Waals surface area contributed by atoms with Crippen LogP contribution in [0.5, 0.6) is 11.5 Å². The van der Waals surface area contributed by atoms with E-state index in [1.165, 1.54) is 23.1 Å². The molecular formula is C25H27FN5O+. The minimum atomic E-state index is -0.306. The molecule has 6 nitrogen and oxygen atoms in total. The Morgan fingerprint density at radius 2 is 1.94 bits per heavy atom. The van der Waals surface area contributed by atoms with E-state index >= 15 is 0 Å².